The molecule has 0 aliphatic carbocycles. The summed E-state index contributed by atoms with van der Waals surface area (Å²) in [4.78, 5) is 29.1. The molecule has 3 rings (SSSR count). The quantitative estimate of drug-likeness (QED) is 0.687. The average molecular weight is 401 g/mol. The number of fused-ring (bicyclic) bond motifs is 1. The maximum Gasteiger partial charge on any atom is 0.297 e. The number of aryl methyl sites for hydroxylation is 2. The number of benzene rings is 1. The number of hydrogen-bond donors (Lipinski definition) is 1. The van der Waals surface area contributed by atoms with Crippen LogP contribution in [-0.2, 0) is 22.6 Å². The molecule has 1 aromatic carbocycles. The van der Waals surface area contributed by atoms with Crippen molar-refractivity contribution in [3.05, 3.63) is 40.5 Å². The van der Waals surface area contributed by atoms with Crippen molar-refractivity contribution < 1.29 is 14.3 Å². The Morgan fingerprint density at radius 1 is 1.32 bits per heavy atom. The first kappa shape index (κ1) is 20.0. The molecule has 0 atom stereocenters. The van der Waals surface area contributed by atoms with Crippen molar-refractivity contribution >= 4 is 39.1 Å². The van der Waals surface area contributed by atoms with E-state index in [0.717, 1.165) is 15.9 Å². The fourth-order valence-corrected chi connectivity index (χ4v) is 4.03. The lowest BCUT2D eigenvalue weighted by Crippen LogP contribution is -2.20. The molecule has 1 N–H and O–H groups in total. The SMILES string of the molecule is CCn1nc(C)cc1C(=O)N=c1sc2cc(NC(C)=O)ccc2n1CCOC. The third-order valence-electron chi connectivity index (χ3n) is 4.14. The van der Waals surface area contributed by atoms with Crippen LogP contribution in [0.4, 0.5) is 5.69 Å². The Morgan fingerprint density at radius 3 is 2.79 bits per heavy atom. The van der Waals surface area contributed by atoms with Crippen LogP contribution in [0.25, 0.3) is 10.2 Å². The molecule has 0 aliphatic rings. The summed E-state index contributed by atoms with van der Waals surface area (Å²) in [5.41, 5.74) is 2.89. The van der Waals surface area contributed by atoms with Gasteiger partial charge in [0.15, 0.2) is 4.80 Å². The van der Waals surface area contributed by atoms with Gasteiger partial charge in [-0.3, -0.25) is 14.3 Å². The molecule has 0 saturated heterocycles. The Kier molecular flexibility index (Phi) is 6.05. The predicted octanol–water partition coefficient (Wildman–Crippen LogP) is 2.57. The molecule has 9 heteroatoms. The second kappa shape index (κ2) is 8.49. The fourth-order valence-electron chi connectivity index (χ4n) is 2.94. The normalized spacial score (nSPS) is 11.9. The molecule has 3 aromatic rings. The zero-order chi connectivity index (χ0) is 20.3. The maximum atomic E-state index is 12.8. The molecule has 0 fully saturated rings. The van der Waals surface area contributed by atoms with Gasteiger partial charge >= 0.3 is 0 Å². The average Bonchev–Trinajstić information content (AvgIpc) is 3.18. The van der Waals surface area contributed by atoms with Crippen molar-refractivity contribution in [2.24, 2.45) is 4.99 Å². The van der Waals surface area contributed by atoms with Gasteiger partial charge in [0.25, 0.3) is 5.91 Å². The van der Waals surface area contributed by atoms with E-state index in [1.54, 1.807) is 17.9 Å². The van der Waals surface area contributed by atoms with Crippen LogP contribution in [0, 0.1) is 6.92 Å². The molecule has 2 heterocycles. The molecule has 8 nitrogen and oxygen atoms in total. The highest BCUT2D eigenvalue weighted by atomic mass is 32.1. The number of carbonyl (C=O) groups excluding carboxylic acids is 2. The van der Waals surface area contributed by atoms with E-state index in [-0.39, 0.29) is 11.8 Å². The summed E-state index contributed by atoms with van der Waals surface area (Å²) in [6, 6.07) is 7.38. The van der Waals surface area contributed by atoms with Crippen LogP contribution in [0.1, 0.15) is 30.0 Å². The molecule has 2 amide bonds. The highest BCUT2D eigenvalue weighted by Gasteiger charge is 2.14. The van der Waals surface area contributed by atoms with Gasteiger partial charge in [0.05, 0.1) is 22.5 Å². The van der Waals surface area contributed by atoms with Crippen LogP contribution in [0.3, 0.4) is 0 Å². The number of rotatable bonds is 6. The lowest BCUT2D eigenvalue weighted by Gasteiger charge is -2.06. The third kappa shape index (κ3) is 4.20. The highest BCUT2D eigenvalue weighted by molar-refractivity contribution is 7.16. The molecule has 28 heavy (non-hydrogen) atoms. The van der Waals surface area contributed by atoms with Crippen molar-refractivity contribution in [1.82, 2.24) is 14.3 Å². The molecule has 148 valence electrons. The zero-order valence-electron chi connectivity index (χ0n) is 16.4. The minimum absolute atomic E-state index is 0.133. The van der Waals surface area contributed by atoms with Crippen LogP contribution >= 0.6 is 11.3 Å². The summed E-state index contributed by atoms with van der Waals surface area (Å²) in [6.07, 6.45) is 0. The maximum absolute atomic E-state index is 12.8. The molecular formula is C19H23N5O3S. The monoisotopic (exact) mass is 401 g/mol. The number of amides is 2. The van der Waals surface area contributed by atoms with Gasteiger partial charge in [0, 0.05) is 32.8 Å². The van der Waals surface area contributed by atoms with E-state index in [0.29, 0.717) is 35.9 Å². The topological polar surface area (TPSA) is 90.5 Å². The number of hydrogen-bond acceptors (Lipinski definition) is 5. The Hall–Kier alpha value is -2.78. The lowest BCUT2D eigenvalue weighted by atomic mass is 10.3. The number of aromatic nitrogens is 3. The van der Waals surface area contributed by atoms with Gasteiger partial charge in [-0.15, -0.1) is 0 Å². The summed E-state index contributed by atoms with van der Waals surface area (Å²) in [5.74, 6) is -0.464. The Morgan fingerprint density at radius 2 is 2.11 bits per heavy atom. The van der Waals surface area contributed by atoms with Crippen LogP contribution in [0.5, 0.6) is 0 Å². The minimum atomic E-state index is -0.331. The van der Waals surface area contributed by atoms with E-state index in [1.165, 1.54) is 18.3 Å². The third-order valence-corrected chi connectivity index (χ3v) is 5.18. The number of carbonyl (C=O) groups is 2. The molecule has 0 unspecified atom stereocenters. The first-order valence-corrected chi connectivity index (χ1v) is 9.78. The molecule has 0 saturated carbocycles. The molecule has 0 aliphatic heterocycles. The van der Waals surface area contributed by atoms with E-state index in [1.807, 2.05) is 36.6 Å². The number of nitrogens with zero attached hydrogens (tertiary/aromatic N) is 4. The zero-order valence-corrected chi connectivity index (χ0v) is 17.2. The van der Waals surface area contributed by atoms with Gasteiger partial charge in [-0.2, -0.15) is 10.1 Å². The van der Waals surface area contributed by atoms with Gasteiger partial charge in [-0.1, -0.05) is 11.3 Å². The van der Waals surface area contributed by atoms with Gasteiger partial charge in [0.2, 0.25) is 5.91 Å². The largest absolute Gasteiger partial charge is 0.383 e. The first-order valence-electron chi connectivity index (χ1n) is 8.96. The van der Waals surface area contributed by atoms with Crippen LogP contribution in [0.15, 0.2) is 29.3 Å². The smallest absolute Gasteiger partial charge is 0.297 e. The second-order valence-electron chi connectivity index (χ2n) is 6.30. The van der Waals surface area contributed by atoms with E-state index >= 15 is 0 Å². The molecular weight excluding hydrogens is 378 g/mol. The van der Waals surface area contributed by atoms with Crippen LogP contribution < -0.4 is 10.1 Å². The van der Waals surface area contributed by atoms with Crippen LogP contribution in [0.2, 0.25) is 0 Å². The number of anilines is 1. The van der Waals surface area contributed by atoms with Gasteiger partial charge in [0.1, 0.15) is 5.69 Å². The number of thiazole rings is 1. The summed E-state index contributed by atoms with van der Waals surface area (Å²) < 4.78 is 9.75. The van der Waals surface area contributed by atoms with Gasteiger partial charge in [-0.25, -0.2) is 0 Å². The lowest BCUT2D eigenvalue weighted by molar-refractivity contribution is -0.114. The molecule has 2 aromatic heterocycles. The first-order chi connectivity index (χ1) is 13.4. The van der Waals surface area contributed by atoms with Crippen molar-refractivity contribution in [1.29, 1.82) is 0 Å². The van der Waals surface area contributed by atoms with E-state index in [2.05, 4.69) is 15.4 Å². The predicted molar refractivity (Wildman–Crippen MR) is 109 cm³/mol. The van der Waals surface area contributed by atoms with Gasteiger partial charge in [-0.05, 0) is 38.1 Å². The van der Waals surface area contributed by atoms with E-state index in [9.17, 15) is 9.59 Å². The summed E-state index contributed by atoms with van der Waals surface area (Å²) in [5, 5.41) is 7.10. The van der Waals surface area contributed by atoms with Gasteiger partial charge < -0.3 is 14.6 Å². The van der Waals surface area contributed by atoms with Crippen molar-refractivity contribution in [2.75, 3.05) is 19.0 Å². The number of nitrogens with one attached hydrogen (secondary N) is 1. The minimum Gasteiger partial charge on any atom is -0.383 e. The Labute approximate surface area is 166 Å². The summed E-state index contributed by atoms with van der Waals surface area (Å²) >= 11 is 1.40. The summed E-state index contributed by atoms with van der Waals surface area (Å²) in [6.45, 7) is 6.91. The van der Waals surface area contributed by atoms with Crippen molar-refractivity contribution in [2.45, 2.75) is 33.9 Å². The molecule has 0 spiro atoms. The Bertz CT molecular complexity index is 1090. The highest BCUT2D eigenvalue weighted by Crippen LogP contribution is 2.22. The number of methoxy groups -OCH3 is 1. The van der Waals surface area contributed by atoms with Crippen molar-refractivity contribution in [3.63, 3.8) is 0 Å². The fraction of sp³-hybridized carbons (Fsp3) is 0.368. The standard InChI is InChI=1S/C19H23N5O3S/c1-5-24-16(10-12(2)22-24)18(26)21-19-23(8-9-27-4)15-7-6-14(20-13(3)25)11-17(15)28-19/h6-7,10-11H,5,8-9H2,1-4H3,(H,20,25). The Balaban J connectivity index is 2.10. The molecule has 0 bridgehead atoms. The van der Waals surface area contributed by atoms with Crippen molar-refractivity contribution in [3.8, 4) is 0 Å². The second-order valence-corrected chi connectivity index (χ2v) is 7.31. The molecule has 0 radical (unpaired) electrons. The van der Waals surface area contributed by atoms with E-state index in [4.69, 9.17) is 4.74 Å². The summed E-state index contributed by atoms with van der Waals surface area (Å²) in [7, 11) is 1.63. The van der Waals surface area contributed by atoms with Crippen LogP contribution in [-0.4, -0.2) is 39.9 Å². The number of ether oxygens (including phenoxy) is 1. The van der Waals surface area contributed by atoms with E-state index < -0.39 is 0 Å².